The molecule has 0 aliphatic carbocycles. The Kier molecular flexibility index (Phi) is 3.96. The zero-order valence-electron chi connectivity index (χ0n) is 8.45. The van der Waals surface area contributed by atoms with Crippen molar-refractivity contribution in [1.29, 1.82) is 5.26 Å². The topological polar surface area (TPSA) is 45.0 Å². The van der Waals surface area contributed by atoms with Crippen molar-refractivity contribution in [3.8, 4) is 11.8 Å². The molecule has 1 atom stereocenters. The summed E-state index contributed by atoms with van der Waals surface area (Å²) in [5, 5.41) is 12.0. The van der Waals surface area contributed by atoms with Crippen LogP contribution in [0.25, 0.3) is 0 Å². The van der Waals surface area contributed by atoms with Gasteiger partial charge in [-0.15, -0.1) is 0 Å². The molecular weight excluding hydrogens is 176 g/mol. The summed E-state index contributed by atoms with van der Waals surface area (Å²) in [7, 11) is 1.61. The molecule has 0 saturated heterocycles. The Balaban J connectivity index is 2.97. The zero-order valence-corrected chi connectivity index (χ0v) is 8.45. The van der Waals surface area contributed by atoms with Gasteiger partial charge in [0.15, 0.2) is 0 Å². The maximum absolute atomic E-state index is 8.96. The molecule has 0 aromatic heterocycles. The second kappa shape index (κ2) is 5.25. The molecule has 0 saturated carbocycles. The minimum atomic E-state index is -0.295. The molecule has 0 radical (unpaired) electrons. The Bertz CT molecular complexity index is 330. The first-order valence-corrected chi connectivity index (χ1v) is 4.59. The van der Waals surface area contributed by atoms with Gasteiger partial charge in [-0.2, -0.15) is 5.26 Å². The molecule has 1 aromatic rings. The molecule has 0 bridgehead atoms. The van der Waals surface area contributed by atoms with E-state index in [0.717, 1.165) is 17.9 Å². The normalized spacial score (nSPS) is 11.8. The fourth-order valence-corrected chi connectivity index (χ4v) is 1.33. The molecule has 3 nitrogen and oxygen atoms in total. The minimum Gasteiger partial charge on any atom is -0.496 e. The number of rotatable bonds is 4. The predicted molar refractivity (Wildman–Crippen MR) is 55.0 cm³/mol. The third-order valence-electron chi connectivity index (χ3n) is 1.99. The van der Waals surface area contributed by atoms with Gasteiger partial charge in [0.05, 0.1) is 13.2 Å². The molecule has 74 valence electrons. The lowest BCUT2D eigenvalue weighted by atomic mass is 10.1. The average molecular weight is 190 g/mol. The van der Waals surface area contributed by atoms with E-state index in [1.54, 1.807) is 7.11 Å². The van der Waals surface area contributed by atoms with E-state index in [0.29, 0.717) is 0 Å². The molecule has 0 spiro atoms. The highest BCUT2D eigenvalue weighted by Crippen LogP contribution is 2.23. The SMILES string of the molecule is CCNC(C#N)c1ccccc1OC. The molecular formula is C11H14N2O. The van der Waals surface area contributed by atoms with Gasteiger partial charge in [-0.1, -0.05) is 25.1 Å². The fourth-order valence-electron chi connectivity index (χ4n) is 1.33. The van der Waals surface area contributed by atoms with E-state index >= 15 is 0 Å². The number of nitriles is 1. The van der Waals surface area contributed by atoms with Crippen molar-refractivity contribution in [3.05, 3.63) is 29.8 Å². The Labute approximate surface area is 84.3 Å². The van der Waals surface area contributed by atoms with Crippen molar-refractivity contribution >= 4 is 0 Å². The van der Waals surface area contributed by atoms with Gasteiger partial charge in [0.1, 0.15) is 11.8 Å². The van der Waals surface area contributed by atoms with Crippen molar-refractivity contribution in [2.45, 2.75) is 13.0 Å². The van der Waals surface area contributed by atoms with Crippen LogP contribution in [0.3, 0.4) is 0 Å². The van der Waals surface area contributed by atoms with E-state index in [2.05, 4.69) is 11.4 Å². The molecule has 3 heteroatoms. The molecule has 1 unspecified atom stereocenters. The van der Waals surface area contributed by atoms with Crippen molar-refractivity contribution in [2.24, 2.45) is 0 Å². The largest absolute Gasteiger partial charge is 0.496 e. The van der Waals surface area contributed by atoms with E-state index in [9.17, 15) is 0 Å². The van der Waals surface area contributed by atoms with Crippen LogP contribution in [-0.4, -0.2) is 13.7 Å². The van der Waals surface area contributed by atoms with Crippen molar-refractivity contribution in [3.63, 3.8) is 0 Å². The second-order valence-electron chi connectivity index (χ2n) is 2.86. The van der Waals surface area contributed by atoms with E-state index < -0.39 is 0 Å². The number of nitrogens with zero attached hydrogens (tertiary/aromatic N) is 1. The van der Waals surface area contributed by atoms with Crippen LogP contribution in [-0.2, 0) is 0 Å². The van der Waals surface area contributed by atoms with Gasteiger partial charge in [0.25, 0.3) is 0 Å². The fraction of sp³-hybridized carbons (Fsp3) is 0.364. The summed E-state index contributed by atoms with van der Waals surface area (Å²) in [6.07, 6.45) is 0. The molecule has 0 fully saturated rings. The Morgan fingerprint density at radius 3 is 2.79 bits per heavy atom. The summed E-state index contributed by atoms with van der Waals surface area (Å²) >= 11 is 0. The number of hydrogen-bond donors (Lipinski definition) is 1. The van der Waals surface area contributed by atoms with Crippen LogP contribution in [0.15, 0.2) is 24.3 Å². The summed E-state index contributed by atoms with van der Waals surface area (Å²) in [6.45, 7) is 2.73. The van der Waals surface area contributed by atoms with Crippen LogP contribution in [0, 0.1) is 11.3 Å². The number of nitrogens with one attached hydrogen (secondary N) is 1. The Hall–Kier alpha value is -1.53. The lowest BCUT2D eigenvalue weighted by molar-refractivity contribution is 0.405. The molecule has 1 rings (SSSR count). The molecule has 14 heavy (non-hydrogen) atoms. The van der Waals surface area contributed by atoms with Crippen LogP contribution in [0.4, 0.5) is 0 Å². The monoisotopic (exact) mass is 190 g/mol. The number of ether oxygens (including phenoxy) is 1. The predicted octanol–water partition coefficient (Wildman–Crippen LogP) is 1.87. The van der Waals surface area contributed by atoms with Gasteiger partial charge in [0, 0.05) is 5.56 Å². The van der Waals surface area contributed by atoms with Crippen LogP contribution in [0.1, 0.15) is 18.5 Å². The first kappa shape index (κ1) is 10.6. The first-order valence-electron chi connectivity index (χ1n) is 4.59. The van der Waals surface area contributed by atoms with Gasteiger partial charge < -0.3 is 4.74 Å². The summed E-state index contributed by atoms with van der Waals surface area (Å²) in [4.78, 5) is 0. The summed E-state index contributed by atoms with van der Waals surface area (Å²) in [5.74, 6) is 0.750. The summed E-state index contributed by atoms with van der Waals surface area (Å²) < 4.78 is 5.18. The molecule has 0 aliphatic rings. The van der Waals surface area contributed by atoms with Crippen molar-refractivity contribution in [2.75, 3.05) is 13.7 Å². The van der Waals surface area contributed by atoms with Gasteiger partial charge in [-0.25, -0.2) is 0 Å². The van der Waals surface area contributed by atoms with Gasteiger partial charge >= 0.3 is 0 Å². The van der Waals surface area contributed by atoms with E-state index in [1.165, 1.54) is 0 Å². The highest BCUT2D eigenvalue weighted by atomic mass is 16.5. The summed E-state index contributed by atoms with van der Waals surface area (Å²) in [6, 6.07) is 9.46. The summed E-state index contributed by atoms with van der Waals surface area (Å²) in [5.41, 5.74) is 0.888. The maximum Gasteiger partial charge on any atom is 0.124 e. The Morgan fingerprint density at radius 1 is 1.50 bits per heavy atom. The first-order chi connectivity index (χ1) is 6.83. The zero-order chi connectivity index (χ0) is 10.4. The maximum atomic E-state index is 8.96. The van der Waals surface area contributed by atoms with E-state index in [4.69, 9.17) is 10.00 Å². The molecule has 0 heterocycles. The molecule has 1 aromatic carbocycles. The standard InChI is InChI=1S/C11H14N2O/c1-3-13-10(8-12)9-6-4-5-7-11(9)14-2/h4-7,10,13H,3H2,1-2H3. The quantitative estimate of drug-likeness (QED) is 0.788. The third kappa shape index (κ3) is 2.24. The second-order valence-corrected chi connectivity index (χ2v) is 2.86. The number of para-hydroxylation sites is 1. The van der Waals surface area contributed by atoms with Crippen LogP contribution < -0.4 is 10.1 Å². The van der Waals surface area contributed by atoms with Crippen molar-refractivity contribution in [1.82, 2.24) is 5.32 Å². The highest BCUT2D eigenvalue weighted by molar-refractivity contribution is 5.38. The molecule has 1 N–H and O–H groups in total. The van der Waals surface area contributed by atoms with Gasteiger partial charge in [-0.3, -0.25) is 5.32 Å². The number of methoxy groups -OCH3 is 1. The van der Waals surface area contributed by atoms with Crippen molar-refractivity contribution < 1.29 is 4.74 Å². The lowest BCUT2D eigenvalue weighted by Crippen LogP contribution is -2.19. The van der Waals surface area contributed by atoms with Gasteiger partial charge in [-0.05, 0) is 12.6 Å². The van der Waals surface area contributed by atoms with Gasteiger partial charge in [0.2, 0.25) is 0 Å². The van der Waals surface area contributed by atoms with Crippen LogP contribution >= 0.6 is 0 Å². The number of hydrogen-bond acceptors (Lipinski definition) is 3. The number of benzene rings is 1. The van der Waals surface area contributed by atoms with E-state index in [1.807, 2.05) is 31.2 Å². The lowest BCUT2D eigenvalue weighted by Gasteiger charge is -2.13. The smallest absolute Gasteiger partial charge is 0.124 e. The third-order valence-corrected chi connectivity index (χ3v) is 1.99. The molecule has 0 aliphatic heterocycles. The average Bonchev–Trinajstić information content (AvgIpc) is 2.26. The highest BCUT2D eigenvalue weighted by Gasteiger charge is 2.12. The van der Waals surface area contributed by atoms with Crippen LogP contribution in [0.5, 0.6) is 5.75 Å². The van der Waals surface area contributed by atoms with E-state index in [-0.39, 0.29) is 6.04 Å². The van der Waals surface area contributed by atoms with Crippen LogP contribution in [0.2, 0.25) is 0 Å². The molecule has 0 amide bonds. The Morgan fingerprint density at radius 2 is 2.21 bits per heavy atom. The minimum absolute atomic E-state index is 0.295.